The van der Waals surface area contributed by atoms with E-state index in [4.69, 9.17) is 5.84 Å². The van der Waals surface area contributed by atoms with E-state index in [1.54, 1.807) is 18.2 Å². The summed E-state index contributed by atoms with van der Waals surface area (Å²) in [6.45, 7) is 0. The predicted molar refractivity (Wildman–Crippen MR) is 59.4 cm³/mol. The normalized spacial score (nSPS) is 10.0. The Kier molecular flexibility index (Phi) is 3.06. The zero-order valence-electron chi connectivity index (χ0n) is 8.75. The van der Waals surface area contributed by atoms with Crippen molar-refractivity contribution in [3.8, 4) is 0 Å². The Labute approximate surface area is 96.7 Å². The number of hydrogen-bond acceptors (Lipinski definition) is 4. The van der Waals surface area contributed by atoms with E-state index >= 15 is 0 Å². The smallest absolute Gasteiger partial charge is 0.265 e. The van der Waals surface area contributed by atoms with Crippen LogP contribution in [0.2, 0.25) is 0 Å². The Bertz CT molecular complexity index is 515. The van der Waals surface area contributed by atoms with Crippen molar-refractivity contribution in [2.45, 2.75) is 0 Å². The minimum atomic E-state index is -0.632. The van der Waals surface area contributed by atoms with Crippen LogP contribution in [-0.2, 0) is 0 Å². The summed E-state index contributed by atoms with van der Waals surface area (Å²) in [5.74, 6) is 4.48. The first-order valence-electron chi connectivity index (χ1n) is 4.80. The van der Waals surface area contributed by atoms with Gasteiger partial charge in [-0.1, -0.05) is 6.07 Å². The fourth-order valence-electron chi connectivity index (χ4n) is 1.24. The van der Waals surface area contributed by atoms with Gasteiger partial charge in [0.2, 0.25) is 5.95 Å². The van der Waals surface area contributed by atoms with Crippen molar-refractivity contribution >= 4 is 11.6 Å². The largest absolute Gasteiger partial charge is 0.291 e. The fraction of sp³-hybridized carbons (Fsp3) is 0. The molecular formula is C11H9FN4O. The molecule has 5 nitrogen and oxygen atoms in total. The third kappa shape index (κ3) is 2.43. The van der Waals surface area contributed by atoms with Gasteiger partial charge in [-0.25, -0.2) is 15.8 Å². The molecule has 1 amide bonds. The number of carbonyl (C=O) groups excluding carboxylic acids is 1. The summed E-state index contributed by atoms with van der Waals surface area (Å²) in [7, 11) is 0. The number of amides is 1. The summed E-state index contributed by atoms with van der Waals surface area (Å²) in [4.78, 5) is 19.1. The molecule has 2 rings (SSSR count). The van der Waals surface area contributed by atoms with Crippen LogP contribution in [0.4, 0.5) is 10.1 Å². The summed E-state index contributed by atoms with van der Waals surface area (Å²) < 4.78 is 12.6. The van der Waals surface area contributed by atoms with Gasteiger partial charge in [-0.3, -0.25) is 9.78 Å². The molecule has 17 heavy (non-hydrogen) atoms. The van der Waals surface area contributed by atoms with Crippen LogP contribution < -0.4 is 10.9 Å². The minimum Gasteiger partial charge on any atom is -0.265 e. The van der Waals surface area contributed by atoms with E-state index in [1.807, 2.05) is 0 Å². The molecule has 0 aliphatic rings. The number of rotatable bonds is 2. The zero-order chi connectivity index (χ0) is 12.3. The number of anilines is 1. The van der Waals surface area contributed by atoms with Crippen molar-refractivity contribution in [2.24, 2.45) is 5.84 Å². The van der Waals surface area contributed by atoms with Crippen LogP contribution in [0.5, 0.6) is 0 Å². The van der Waals surface area contributed by atoms with Crippen LogP contribution in [0.25, 0.3) is 0 Å². The van der Waals surface area contributed by atoms with Gasteiger partial charge in [0.1, 0.15) is 5.69 Å². The zero-order valence-corrected chi connectivity index (χ0v) is 8.75. The Morgan fingerprint density at radius 2 is 2.06 bits per heavy atom. The van der Waals surface area contributed by atoms with Crippen LogP contribution >= 0.6 is 0 Å². The number of nitrogens with two attached hydrogens (primary N) is 1. The molecule has 2 N–H and O–H groups in total. The van der Waals surface area contributed by atoms with Crippen molar-refractivity contribution in [1.29, 1.82) is 0 Å². The Morgan fingerprint density at radius 1 is 1.24 bits per heavy atom. The molecule has 2 aromatic rings. The fourth-order valence-corrected chi connectivity index (χ4v) is 1.24. The van der Waals surface area contributed by atoms with Gasteiger partial charge in [-0.2, -0.15) is 4.39 Å². The SMILES string of the molecule is NN(C(=O)c1ccccn1)c1ccc(F)nc1. The number of hydrogen-bond donors (Lipinski definition) is 1. The average molecular weight is 232 g/mol. The van der Waals surface area contributed by atoms with Crippen LogP contribution in [-0.4, -0.2) is 15.9 Å². The quantitative estimate of drug-likeness (QED) is 0.364. The highest BCUT2D eigenvalue weighted by atomic mass is 19.1. The van der Waals surface area contributed by atoms with Gasteiger partial charge in [-0.15, -0.1) is 0 Å². The van der Waals surface area contributed by atoms with Gasteiger partial charge < -0.3 is 0 Å². The van der Waals surface area contributed by atoms with Crippen molar-refractivity contribution < 1.29 is 9.18 Å². The van der Waals surface area contributed by atoms with Crippen LogP contribution in [0.3, 0.4) is 0 Å². The van der Waals surface area contributed by atoms with E-state index in [9.17, 15) is 9.18 Å². The number of aromatic nitrogens is 2. The molecule has 0 saturated heterocycles. The highest BCUT2D eigenvalue weighted by Gasteiger charge is 2.15. The number of halogens is 1. The van der Waals surface area contributed by atoms with Gasteiger partial charge in [0.15, 0.2) is 0 Å². The lowest BCUT2D eigenvalue weighted by Crippen LogP contribution is -2.38. The highest BCUT2D eigenvalue weighted by Crippen LogP contribution is 2.11. The summed E-state index contributed by atoms with van der Waals surface area (Å²) in [6.07, 6.45) is 2.67. The third-order valence-corrected chi connectivity index (χ3v) is 2.09. The monoisotopic (exact) mass is 232 g/mol. The highest BCUT2D eigenvalue weighted by molar-refractivity contribution is 6.03. The molecule has 0 spiro atoms. The van der Waals surface area contributed by atoms with Gasteiger partial charge in [0.25, 0.3) is 5.91 Å². The standard InChI is InChI=1S/C11H9FN4O/c12-10-5-4-8(7-15-10)16(13)11(17)9-3-1-2-6-14-9/h1-7H,13H2. The second-order valence-corrected chi connectivity index (χ2v) is 3.23. The molecule has 0 radical (unpaired) electrons. The topological polar surface area (TPSA) is 72.1 Å². The van der Waals surface area contributed by atoms with E-state index in [-0.39, 0.29) is 5.69 Å². The first kappa shape index (κ1) is 11.2. The molecule has 0 unspecified atom stereocenters. The first-order valence-corrected chi connectivity index (χ1v) is 4.80. The molecule has 0 atom stereocenters. The summed E-state index contributed by atoms with van der Waals surface area (Å²) in [6, 6.07) is 7.40. The summed E-state index contributed by atoms with van der Waals surface area (Å²) in [5.41, 5.74) is 0.501. The lowest BCUT2D eigenvalue weighted by Gasteiger charge is -2.15. The van der Waals surface area contributed by atoms with E-state index in [1.165, 1.54) is 18.5 Å². The molecule has 0 saturated carbocycles. The number of nitrogens with zero attached hydrogens (tertiary/aromatic N) is 3. The first-order chi connectivity index (χ1) is 8.18. The van der Waals surface area contributed by atoms with E-state index < -0.39 is 11.9 Å². The molecule has 6 heteroatoms. The molecule has 0 aliphatic heterocycles. The maximum atomic E-state index is 12.6. The molecule has 2 heterocycles. The Hall–Kier alpha value is -2.34. The number of hydrazine groups is 1. The molecule has 0 bridgehead atoms. The van der Waals surface area contributed by atoms with Gasteiger partial charge in [0.05, 0.1) is 11.9 Å². The third-order valence-electron chi connectivity index (χ3n) is 2.09. The van der Waals surface area contributed by atoms with Crippen LogP contribution in [0.15, 0.2) is 42.7 Å². The van der Waals surface area contributed by atoms with Crippen molar-refractivity contribution in [1.82, 2.24) is 9.97 Å². The lowest BCUT2D eigenvalue weighted by atomic mass is 10.3. The maximum Gasteiger partial charge on any atom is 0.291 e. The summed E-state index contributed by atoms with van der Waals surface area (Å²) >= 11 is 0. The van der Waals surface area contributed by atoms with Crippen molar-refractivity contribution in [3.05, 3.63) is 54.4 Å². The predicted octanol–water partition coefficient (Wildman–Crippen LogP) is 1.14. The van der Waals surface area contributed by atoms with Gasteiger partial charge in [-0.05, 0) is 24.3 Å². The van der Waals surface area contributed by atoms with E-state index in [0.29, 0.717) is 5.69 Å². The number of pyridine rings is 2. The van der Waals surface area contributed by atoms with Gasteiger partial charge >= 0.3 is 0 Å². The number of carbonyl (C=O) groups is 1. The molecular weight excluding hydrogens is 223 g/mol. The van der Waals surface area contributed by atoms with Crippen LogP contribution in [0.1, 0.15) is 10.5 Å². The van der Waals surface area contributed by atoms with Crippen molar-refractivity contribution in [2.75, 3.05) is 5.01 Å². The molecule has 0 aromatic carbocycles. The molecule has 0 aliphatic carbocycles. The lowest BCUT2D eigenvalue weighted by molar-refractivity contribution is 0.0982. The molecule has 2 aromatic heterocycles. The van der Waals surface area contributed by atoms with Crippen molar-refractivity contribution in [3.63, 3.8) is 0 Å². The van der Waals surface area contributed by atoms with Crippen LogP contribution in [0, 0.1) is 5.95 Å². The second-order valence-electron chi connectivity index (χ2n) is 3.23. The average Bonchev–Trinajstić information content (AvgIpc) is 2.39. The molecule has 0 fully saturated rings. The minimum absolute atomic E-state index is 0.208. The Balaban J connectivity index is 2.23. The Morgan fingerprint density at radius 3 is 2.65 bits per heavy atom. The van der Waals surface area contributed by atoms with E-state index in [2.05, 4.69) is 9.97 Å². The van der Waals surface area contributed by atoms with E-state index in [0.717, 1.165) is 11.1 Å². The maximum absolute atomic E-state index is 12.6. The summed E-state index contributed by atoms with van der Waals surface area (Å²) in [5, 5.41) is 0.870. The molecule has 86 valence electrons. The second kappa shape index (κ2) is 4.67. The van der Waals surface area contributed by atoms with Gasteiger partial charge in [0, 0.05) is 6.20 Å².